The van der Waals surface area contributed by atoms with E-state index < -0.39 is 18.2 Å². The predicted molar refractivity (Wildman–Crippen MR) is 79.4 cm³/mol. The van der Waals surface area contributed by atoms with Crippen LogP contribution in [0.4, 0.5) is 0 Å². The summed E-state index contributed by atoms with van der Waals surface area (Å²) in [5, 5.41) is 7.00. The molecule has 0 saturated carbocycles. The predicted octanol–water partition coefficient (Wildman–Crippen LogP) is 3.66. The van der Waals surface area contributed by atoms with E-state index in [1.807, 2.05) is 24.3 Å². The molecule has 0 spiro atoms. The molecule has 0 aromatic rings. The van der Waals surface area contributed by atoms with Crippen molar-refractivity contribution in [3.8, 4) is 0 Å². The first-order chi connectivity index (χ1) is 9.28. The van der Waals surface area contributed by atoms with Gasteiger partial charge in [-0.25, -0.2) is 0 Å². The summed E-state index contributed by atoms with van der Waals surface area (Å²) in [6.45, 7) is 0. The number of rotatable bonds is 2. The fourth-order valence-electron chi connectivity index (χ4n) is 1.12. The van der Waals surface area contributed by atoms with E-state index in [1.165, 1.54) is 0 Å². The van der Waals surface area contributed by atoms with Crippen molar-refractivity contribution in [2.45, 2.75) is 12.1 Å². The van der Waals surface area contributed by atoms with E-state index in [2.05, 4.69) is 41.9 Å². The summed E-state index contributed by atoms with van der Waals surface area (Å²) in [5.74, 6) is 0. The summed E-state index contributed by atoms with van der Waals surface area (Å²) in [6, 6.07) is 0.645. The zero-order valence-electron chi connectivity index (χ0n) is 12.0. The van der Waals surface area contributed by atoms with Gasteiger partial charge in [0.25, 0.3) is 0 Å². The van der Waals surface area contributed by atoms with Crippen molar-refractivity contribution in [3.63, 3.8) is 0 Å². The van der Waals surface area contributed by atoms with E-state index in [1.54, 1.807) is 28.2 Å². The van der Waals surface area contributed by atoms with Crippen LogP contribution in [0.15, 0.2) is 55.6 Å². The maximum Gasteiger partial charge on any atom is -0.162 e. The van der Waals surface area contributed by atoms with Gasteiger partial charge in [0.1, 0.15) is 0 Å². The van der Waals surface area contributed by atoms with Crippen molar-refractivity contribution in [1.82, 2.24) is 0 Å². The Morgan fingerprint density at radius 3 is 1.21 bits per heavy atom. The van der Waals surface area contributed by atoms with Crippen LogP contribution in [0.5, 0.6) is 0 Å². The zero-order valence-corrected chi connectivity index (χ0v) is 14.9. The Bertz CT molecular complexity index is 332. The van der Waals surface area contributed by atoms with Crippen molar-refractivity contribution >= 4 is 0 Å². The Labute approximate surface area is 125 Å². The topological polar surface area (TPSA) is 52.9 Å². The molecule has 0 radical (unpaired) electrons. The quantitative estimate of drug-likeness (QED) is 0.643. The molecule has 0 saturated heterocycles. The number of allylic oxidation sites excluding steroid dienone is 4. The average Bonchev–Trinajstić information content (AvgIpc) is 3.04. The van der Waals surface area contributed by atoms with E-state index in [0.29, 0.717) is 12.1 Å². The fraction of sp³-hybridized carbons (Fsp3) is 0.429. The summed E-state index contributed by atoms with van der Waals surface area (Å²) >= 11 is -0.839. The van der Waals surface area contributed by atoms with Gasteiger partial charge >= 0.3 is 85.9 Å². The molecular weight excluding hydrogens is 408 g/mol. The molecule has 106 valence electrons. The first-order valence-corrected chi connectivity index (χ1v) is 8.63. The summed E-state index contributed by atoms with van der Waals surface area (Å²) in [5.41, 5.74) is 0. The number of hydrogen-bond donors (Lipinski definition) is 0. The second-order valence-corrected chi connectivity index (χ2v) is 5.81. The number of nitrogens with zero attached hydrogens (tertiary/aromatic N) is 4. The van der Waals surface area contributed by atoms with E-state index in [0.717, 1.165) is 0 Å². The molecule has 0 aromatic carbocycles. The van der Waals surface area contributed by atoms with Gasteiger partial charge in [0, 0.05) is 0 Å². The van der Waals surface area contributed by atoms with Gasteiger partial charge in [-0.1, -0.05) is 0 Å². The Morgan fingerprint density at radius 2 is 0.947 bits per heavy atom. The average molecular weight is 430 g/mol. The molecule has 4 nitrogen and oxygen atoms in total. The van der Waals surface area contributed by atoms with Crippen molar-refractivity contribution in [2.24, 2.45) is 6.99 Å². The Balaban J connectivity index is 0.000000465. The molecule has 2 rings (SSSR count). The second-order valence-electron chi connectivity index (χ2n) is 3.71. The molecule has 0 heterocycles. The van der Waals surface area contributed by atoms with Crippen molar-refractivity contribution < 1.29 is 18.2 Å². The van der Waals surface area contributed by atoms with Crippen LogP contribution in [0.1, 0.15) is 0 Å². The minimum absolute atomic E-state index is 0.322. The van der Waals surface area contributed by atoms with Crippen LogP contribution in [0.25, 0.3) is 10.6 Å². The third-order valence-corrected chi connectivity index (χ3v) is 4.22. The molecule has 0 atom stereocenters. The van der Waals surface area contributed by atoms with Crippen LogP contribution in [-0.2, 0) is 18.2 Å². The molecule has 2 aliphatic carbocycles. The van der Waals surface area contributed by atoms with Gasteiger partial charge in [-0.15, -0.1) is 0 Å². The van der Waals surface area contributed by atoms with Gasteiger partial charge < -0.3 is 10.6 Å². The van der Waals surface area contributed by atoms with Gasteiger partial charge in [-0.3, -0.25) is 0 Å². The summed E-state index contributed by atoms with van der Waals surface area (Å²) in [4.78, 5) is 0. The molecule has 0 aromatic heterocycles. The monoisotopic (exact) mass is 430 g/mol. The van der Waals surface area contributed by atoms with Crippen LogP contribution in [-0.4, -0.2) is 40.3 Å². The van der Waals surface area contributed by atoms with E-state index >= 15 is 0 Å². The molecule has 0 aliphatic heterocycles. The van der Waals surface area contributed by atoms with E-state index in [9.17, 15) is 0 Å². The van der Waals surface area contributed by atoms with Gasteiger partial charge in [0.05, 0.1) is 0 Å². The van der Waals surface area contributed by atoms with Crippen LogP contribution in [0.2, 0.25) is 0 Å². The molecule has 0 bridgehead atoms. The molecule has 0 fully saturated rings. The van der Waals surface area contributed by atoms with Crippen molar-refractivity contribution in [1.29, 1.82) is 0 Å². The standard InChI is InChI=1S/2C5H5N.2C2H6N.W/c2*6-5-3-1-2-4-5;2*1-3-2;/h2*1-5H;2*1-2H3;/q;;2*-1;. The minimum atomic E-state index is -0.839. The summed E-state index contributed by atoms with van der Waals surface area (Å²) in [6.07, 6.45) is 16.6. The molecule has 5 heteroatoms. The summed E-state index contributed by atoms with van der Waals surface area (Å²) < 4.78 is 9.09. The molecule has 0 N–H and O–H groups in total. The van der Waals surface area contributed by atoms with Gasteiger partial charge in [-0.05, 0) is 0 Å². The largest absolute Gasteiger partial charge is 0.668 e. The maximum absolute atomic E-state index is 4.55. The van der Waals surface area contributed by atoms with E-state index in [4.69, 9.17) is 0 Å². The second kappa shape index (κ2) is 13.6. The Hall–Kier alpha value is -0.832. The third kappa shape index (κ3) is 10.8. The zero-order chi connectivity index (χ0) is 14.3. The maximum atomic E-state index is 4.55. The number of hydrogen-bond acceptors (Lipinski definition) is 2. The minimum Gasteiger partial charge on any atom is -0.668 e. The molecular formula is C14H22N4W-2. The van der Waals surface area contributed by atoms with Crippen LogP contribution in [0.3, 0.4) is 0 Å². The first-order valence-electron chi connectivity index (χ1n) is 6.00. The van der Waals surface area contributed by atoms with Crippen molar-refractivity contribution in [2.75, 3.05) is 28.2 Å². The molecule has 0 unspecified atom stereocenters. The Morgan fingerprint density at radius 1 is 0.684 bits per heavy atom. The smallest absolute Gasteiger partial charge is 0.162 e. The normalized spacial score (nSPS) is 15.6. The van der Waals surface area contributed by atoms with Gasteiger partial charge in [0.15, 0.2) is 0 Å². The van der Waals surface area contributed by atoms with Crippen molar-refractivity contribution in [3.05, 3.63) is 59.2 Å². The fourth-order valence-corrected chi connectivity index (χ4v) is 3.10. The van der Waals surface area contributed by atoms with Crippen LogP contribution < -0.4 is 0 Å². The van der Waals surface area contributed by atoms with Crippen LogP contribution >= 0.6 is 0 Å². The molecule has 19 heavy (non-hydrogen) atoms. The van der Waals surface area contributed by atoms with Gasteiger partial charge in [-0.2, -0.15) is 28.2 Å². The molecule has 2 aliphatic rings. The van der Waals surface area contributed by atoms with E-state index in [-0.39, 0.29) is 0 Å². The van der Waals surface area contributed by atoms with Gasteiger partial charge in [0.2, 0.25) is 0 Å². The third-order valence-electron chi connectivity index (χ3n) is 1.79. The Kier molecular flexibility index (Phi) is 13.0. The molecule has 0 amide bonds. The SMILES string of the molecule is C1=CC([N]=[W]=[N]C2C=CC=C2)C=C1.C[N-]C.C[N-]C. The summed E-state index contributed by atoms with van der Waals surface area (Å²) in [7, 11) is 7.00. The first kappa shape index (κ1) is 18.2. The van der Waals surface area contributed by atoms with Crippen LogP contribution in [0, 0.1) is 0 Å².